The first-order chi connectivity index (χ1) is 6.61. The van der Waals surface area contributed by atoms with Crippen molar-refractivity contribution in [3.05, 3.63) is 10.6 Å². The molecule has 1 aromatic heterocycles. The van der Waals surface area contributed by atoms with Gasteiger partial charge in [0.05, 0.1) is 5.69 Å². The van der Waals surface area contributed by atoms with Gasteiger partial charge in [0.2, 0.25) is 0 Å². The van der Waals surface area contributed by atoms with Crippen LogP contribution in [-0.4, -0.2) is 33.2 Å². The third-order valence-corrected chi connectivity index (χ3v) is 2.04. The molecular formula is C6H7N3O4S. The molecule has 0 bridgehead atoms. The molecule has 0 aliphatic heterocycles. The van der Waals surface area contributed by atoms with E-state index in [2.05, 4.69) is 14.4 Å². The molecule has 0 fully saturated rings. The zero-order chi connectivity index (χ0) is 10.6. The molecule has 0 spiro atoms. The van der Waals surface area contributed by atoms with Gasteiger partial charge in [-0.05, 0) is 18.5 Å². The van der Waals surface area contributed by atoms with Gasteiger partial charge in [0, 0.05) is 0 Å². The molecule has 8 heteroatoms. The fourth-order valence-electron chi connectivity index (χ4n) is 0.649. The van der Waals surface area contributed by atoms with Crippen LogP contribution in [0.4, 0.5) is 0 Å². The lowest BCUT2D eigenvalue weighted by atomic mass is 10.4. The lowest BCUT2D eigenvalue weighted by Gasteiger charge is -2.00. The van der Waals surface area contributed by atoms with Crippen molar-refractivity contribution in [2.24, 2.45) is 0 Å². The number of nitrogens with one attached hydrogen (secondary N) is 1. The van der Waals surface area contributed by atoms with Crippen LogP contribution in [0.3, 0.4) is 0 Å². The van der Waals surface area contributed by atoms with E-state index in [9.17, 15) is 9.59 Å². The molecule has 7 nitrogen and oxygen atoms in total. The number of aliphatic carboxylic acids is 1. The van der Waals surface area contributed by atoms with Crippen LogP contribution in [-0.2, 0) is 9.63 Å². The van der Waals surface area contributed by atoms with E-state index in [1.54, 1.807) is 6.92 Å². The molecule has 0 aliphatic carbocycles. The highest BCUT2D eigenvalue weighted by Gasteiger charge is 2.13. The van der Waals surface area contributed by atoms with Gasteiger partial charge in [-0.3, -0.25) is 9.63 Å². The van der Waals surface area contributed by atoms with Crippen molar-refractivity contribution in [2.75, 3.05) is 6.61 Å². The Bertz CT molecular complexity index is 351. The Hall–Kier alpha value is -1.54. The van der Waals surface area contributed by atoms with Crippen LogP contribution in [0.2, 0.25) is 0 Å². The van der Waals surface area contributed by atoms with E-state index in [0.29, 0.717) is 10.6 Å². The number of carbonyl (C=O) groups excluding carboxylic acids is 1. The minimum Gasteiger partial charge on any atom is -0.479 e. The summed E-state index contributed by atoms with van der Waals surface area (Å²) in [6, 6.07) is 0. The van der Waals surface area contributed by atoms with Crippen LogP contribution in [0.25, 0.3) is 0 Å². The van der Waals surface area contributed by atoms with Gasteiger partial charge in [-0.2, -0.15) is 0 Å². The smallest absolute Gasteiger partial charge is 0.332 e. The van der Waals surface area contributed by atoms with Gasteiger partial charge < -0.3 is 5.11 Å². The predicted octanol–water partition coefficient (Wildman–Crippen LogP) is -0.407. The molecule has 0 atom stereocenters. The van der Waals surface area contributed by atoms with E-state index in [1.165, 1.54) is 0 Å². The van der Waals surface area contributed by atoms with E-state index in [1.807, 2.05) is 5.48 Å². The van der Waals surface area contributed by atoms with Crippen LogP contribution in [0, 0.1) is 6.92 Å². The predicted molar refractivity (Wildman–Crippen MR) is 45.7 cm³/mol. The fourth-order valence-corrected chi connectivity index (χ4v) is 1.19. The Kier molecular flexibility index (Phi) is 3.48. The van der Waals surface area contributed by atoms with Gasteiger partial charge >= 0.3 is 5.97 Å². The van der Waals surface area contributed by atoms with Crippen molar-refractivity contribution in [1.29, 1.82) is 0 Å². The lowest BCUT2D eigenvalue weighted by Crippen LogP contribution is -2.26. The molecule has 1 rings (SSSR count). The quantitative estimate of drug-likeness (QED) is 0.665. The average molecular weight is 217 g/mol. The molecule has 1 amide bonds. The van der Waals surface area contributed by atoms with Crippen molar-refractivity contribution < 1.29 is 19.5 Å². The molecule has 0 saturated carbocycles. The normalized spacial score (nSPS) is 9.79. The van der Waals surface area contributed by atoms with Crippen LogP contribution in [0.1, 0.15) is 15.4 Å². The van der Waals surface area contributed by atoms with E-state index in [4.69, 9.17) is 5.11 Å². The van der Waals surface area contributed by atoms with Crippen molar-refractivity contribution in [2.45, 2.75) is 6.92 Å². The summed E-state index contributed by atoms with van der Waals surface area (Å²) in [4.78, 5) is 25.9. The summed E-state index contributed by atoms with van der Waals surface area (Å²) in [5.74, 6) is -1.71. The van der Waals surface area contributed by atoms with Gasteiger partial charge in [0.1, 0.15) is 4.88 Å². The molecule has 2 N–H and O–H groups in total. The van der Waals surface area contributed by atoms with Crippen LogP contribution >= 0.6 is 11.5 Å². The van der Waals surface area contributed by atoms with E-state index >= 15 is 0 Å². The second kappa shape index (κ2) is 4.63. The summed E-state index contributed by atoms with van der Waals surface area (Å²) >= 11 is 0.916. The van der Waals surface area contributed by atoms with Crippen molar-refractivity contribution >= 4 is 23.4 Å². The third-order valence-electron chi connectivity index (χ3n) is 1.22. The number of aromatic nitrogens is 2. The van der Waals surface area contributed by atoms with Gasteiger partial charge in [0.15, 0.2) is 6.61 Å². The number of hydroxylamine groups is 1. The van der Waals surface area contributed by atoms with E-state index in [0.717, 1.165) is 11.5 Å². The first-order valence-electron chi connectivity index (χ1n) is 3.54. The van der Waals surface area contributed by atoms with Crippen LogP contribution in [0.5, 0.6) is 0 Å². The lowest BCUT2D eigenvalue weighted by molar-refractivity contribution is -0.144. The highest BCUT2D eigenvalue weighted by atomic mass is 32.1. The second-order valence-electron chi connectivity index (χ2n) is 2.30. The topological polar surface area (TPSA) is 101 Å². The number of carbonyl (C=O) groups is 2. The maximum atomic E-state index is 11.2. The summed E-state index contributed by atoms with van der Waals surface area (Å²) in [6.07, 6.45) is 0. The van der Waals surface area contributed by atoms with Gasteiger partial charge in [-0.15, -0.1) is 5.10 Å². The summed E-state index contributed by atoms with van der Waals surface area (Å²) in [5.41, 5.74) is 2.45. The average Bonchev–Trinajstić information content (AvgIpc) is 2.50. The first-order valence-corrected chi connectivity index (χ1v) is 4.31. The number of carboxylic acids is 1. The monoisotopic (exact) mass is 217 g/mol. The summed E-state index contributed by atoms with van der Waals surface area (Å²) in [6.45, 7) is 1.03. The fraction of sp³-hybridized carbons (Fsp3) is 0.333. The maximum absolute atomic E-state index is 11.2. The highest BCUT2D eigenvalue weighted by Crippen LogP contribution is 2.07. The largest absolute Gasteiger partial charge is 0.479 e. The molecule has 0 saturated heterocycles. The standard InChI is InChI=1S/C6H7N3O4S/c1-3-5(14-9-7-3)6(12)8-13-2-4(10)11/h2H2,1H3,(H,8,12)(H,10,11). The number of amides is 1. The minimum atomic E-state index is -1.16. The maximum Gasteiger partial charge on any atom is 0.332 e. The Morgan fingerprint density at radius 3 is 2.86 bits per heavy atom. The summed E-state index contributed by atoms with van der Waals surface area (Å²) in [7, 11) is 0. The molecule has 0 aromatic carbocycles. The number of carboxylic acid groups (broad SMARTS) is 1. The van der Waals surface area contributed by atoms with Crippen molar-refractivity contribution in [1.82, 2.24) is 15.1 Å². The number of hydrogen-bond donors (Lipinski definition) is 2. The Balaban J connectivity index is 2.44. The molecule has 1 aromatic rings. The van der Waals surface area contributed by atoms with Gasteiger partial charge in [0.25, 0.3) is 5.91 Å². The molecule has 0 radical (unpaired) electrons. The number of hydrogen-bond acceptors (Lipinski definition) is 6. The highest BCUT2D eigenvalue weighted by molar-refractivity contribution is 7.07. The molecule has 0 aliphatic rings. The number of aryl methyl sites for hydroxylation is 1. The van der Waals surface area contributed by atoms with Crippen molar-refractivity contribution in [3.8, 4) is 0 Å². The van der Waals surface area contributed by atoms with E-state index < -0.39 is 18.5 Å². The molecule has 0 unspecified atom stereocenters. The Morgan fingerprint density at radius 1 is 1.64 bits per heavy atom. The summed E-state index contributed by atoms with van der Waals surface area (Å²) < 4.78 is 3.54. The van der Waals surface area contributed by atoms with Gasteiger partial charge in [-0.25, -0.2) is 10.3 Å². The third kappa shape index (κ3) is 2.75. The molecule has 76 valence electrons. The zero-order valence-electron chi connectivity index (χ0n) is 7.18. The second-order valence-corrected chi connectivity index (χ2v) is 3.06. The molecule has 14 heavy (non-hydrogen) atoms. The van der Waals surface area contributed by atoms with E-state index in [-0.39, 0.29) is 0 Å². The zero-order valence-corrected chi connectivity index (χ0v) is 8.00. The Labute approximate surface area is 82.8 Å². The summed E-state index contributed by atoms with van der Waals surface area (Å²) in [5, 5.41) is 11.8. The van der Waals surface area contributed by atoms with Gasteiger partial charge in [-0.1, -0.05) is 4.49 Å². The number of nitrogens with zero attached hydrogens (tertiary/aromatic N) is 2. The van der Waals surface area contributed by atoms with Crippen LogP contribution < -0.4 is 5.48 Å². The minimum absolute atomic E-state index is 0.301. The molecule has 1 heterocycles. The molecular weight excluding hydrogens is 210 g/mol. The first kappa shape index (κ1) is 10.5. The SMILES string of the molecule is Cc1nnsc1C(=O)NOCC(=O)O. The van der Waals surface area contributed by atoms with Crippen molar-refractivity contribution in [3.63, 3.8) is 0 Å². The Morgan fingerprint density at radius 2 is 2.36 bits per heavy atom. The van der Waals surface area contributed by atoms with Crippen LogP contribution in [0.15, 0.2) is 0 Å². The number of rotatable bonds is 4.